The molecule has 0 saturated carbocycles. The van der Waals surface area contributed by atoms with E-state index in [4.69, 9.17) is 11.6 Å². The van der Waals surface area contributed by atoms with Gasteiger partial charge in [-0.2, -0.15) is 0 Å². The minimum atomic E-state index is -0.280. The Morgan fingerprint density at radius 1 is 1.21 bits per heavy atom. The van der Waals surface area contributed by atoms with Crippen molar-refractivity contribution < 1.29 is 14.0 Å². The molecule has 1 saturated heterocycles. The van der Waals surface area contributed by atoms with Gasteiger partial charge < -0.3 is 14.4 Å². The fourth-order valence-corrected chi connectivity index (χ4v) is 4.88. The van der Waals surface area contributed by atoms with Crippen molar-refractivity contribution >= 4 is 45.0 Å². The van der Waals surface area contributed by atoms with Gasteiger partial charge in [0.1, 0.15) is 22.2 Å². The molecule has 3 aromatic rings. The molecule has 5 nitrogen and oxygen atoms in total. The normalized spacial score (nSPS) is 17.1. The van der Waals surface area contributed by atoms with Crippen LogP contribution in [0.25, 0.3) is 10.2 Å². The summed E-state index contributed by atoms with van der Waals surface area (Å²) in [5.74, 6) is -0.487. The monoisotopic (exact) mass is 433 g/mol. The largest absolute Gasteiger partial charge is 0.335 e. The van der Waals surface area contributed by atoms with Crippen molar-refractivity contribution in [1.82, 2.24) is 14.4 Å². The molecular formula is C21H21ClFN3O2S. The first-order valence-electron chi connectivity index (χ1n) is 9.44. The van der Waals surface area contributed by atoms with Crippen molar-refractivity contribution in [1.29, 1.82) is 0 Å². The van der Waals surface area contributed by atoms with E-state index in [1.54, 1.807) is 33.3 Å². The van der Waals surface area contributed by atoms with Crippen LogP contribution in [0, 0.1) is 5.82 Å². The number of carbonyl (C=O) groups is 2. The van der Waals surface area contributed by atoms with Crippen LogP contribution < -0.4 is 0 Å². The van der Waals surface area contributed by atoms with Gasteiger partial charge in [-0.05, 0) is 42.1 Å². The van der Waals surface area contributed by atoms with Crippen LogP contribution in [-0.2, 0) is 11.3 Å². The minimum Gasteiger partial charge on any atom is -0.335 e. The van der Waals surface area contributed by atoms with Crippen molar-refractivity contribution in [2.24, 2.45) is 0 Å². The van der Waals surface area contributed by atoms with Gasteiger partial charge in [0.05, 0.1) is 0 Å². The Bertz CT molecular complexity index is 1050. The summed E-state index contributed by atoms with van der Waals surface area (Å²) in [6.45, 7) is 3.84. The third-order valence-electron chi connectivity index (χ3n) is 5.32. The molecule has 8 heteroatoms. The number of rotatable bonds is 4. The number of aromatic nitrogens is 1. The lowest BCUT2D eigenvalue weighted by Gasteiger charge is -2.39. The summed E-state index contributed by atoms with van der Waals surface area (Å²) < 4.78 is 15.3. The van der Waals surface area contributed by atoms with Gasteiger partial charge in [0, 0.05) is 37.6 Å². The van der Waals surface area contributed by atoms with E-state index >= 15 is 0 Å². The molecule has 0 aliphatic carbocycles. The quantitative estimate of drug-likeness (QED) is 0.587. The zero-order valence-corrected chi connectivity index (χ0v) is 17.5. The third kappa shape index (κ3) is 3.89. The Hall–Kier alpha value is -2.38. The second-order valence-electron chi connectivity index (χ2n) is 7.24. The van der Waals surface area contributed by atoms with E-state index in [0.29, 0.717) is 31.9 Å². The van der Waals surface area contributed by atoms with Crippen LogP contribution in [0.5, 0.6) is 0 Å². The fraction of sp³-hybridized carbons (Fsp3) is 0.333. The topological polar surface area (TPSA) is 45.6 Å². The van der Waals surface area contributed by atoms with E-state index in [-0.39, 0.29) is 29.6 Å². The molecule has 1 atom stereocenters. The van der Waals surface area contributed by atoms with Gasteiger partial charge in [0.25, 0.3) is 5.91 Å². The highest BCUT2D eigenvalue weighted by molar-refractivity contribution is 7.16. The summed E-state index contributed by atoms with van der Waals surface area (Å²) in [5.41, 5.74) is 1.54. The maximum atomic E-state index is 13.3. The number of thiophene rings is 1. The van der Waals surface area contributed by atoms with E-state index < -0.39 is 0 Å². The summed E-state index contributed by atoms with van der Waals surface area (Å²) in [7, 11) is 0. The average Bonchev–Trinajstić information content (AvgIpc) is 3.31. The first-order valence-corrected chi connectivity index (χ1v) is 10.8. The predicted molar refractivity (Wildman–Crippen MR) is 113 cm³/mol. The summed E-state index contributed by atoms with van der Waals surface area (Å²) in [6, 6.07) is 10.2. The third-order valence-corrected chi connectivity index (χ3v) is 6.50. The number of piperazine rings is 1. The van der Waals surface area contributed by atoms with Crippen molar-refractivity contribution in [3.63, 3.8) is 0 Å². The summed E-state index contributed by atoms with van der Waals surface area (Å²) in [5, 5.41) is 3.02. The number of alkyl halides is 1. The zero-order valence-electron chi connectivity index (χ0n) is 16.0. The Labute approximate surface area is 177 Å². The van der Waals surface area contributed by atoms with Gasteiger partial charge in [-0.25, -0.2) is 4.39 Å². The molecule has 0 N–H and O–H groups in total. The van der Waals surface area contributed by atoms with Crippen molar-refractivity contribution in [2.45, 2.75) is 19.5 Å². The second-order valence-corrected chi connectivity index (χ2v) is 8.41. The van der Waals surface area contributed by atoms with Crippen LogP contribution in [0.2, 0.25) is 0 Å². The smallest absolute Gasteiger partial charge is 0.270 e. The van der Waals surface area contributed by atoms with Gasteiger partial charge in [-0.3, -0.25) is 9.59 Å². The number of amides is 2. The fourth-order valence-electron chi connectivity index (χ4n) is 3.83. The molecule has 1 unspecified atom stereocenters. The first kappa shape index (κ1) is 19.9. The van der Waals surface area contributed by atoms with E-state index in [1.807, 2.05) is 29.0 Å². The van der Waals surface area contributed by atoms with Gasteiger partial charge in [-0.15, -0.1) is 22.9 Å². The molecule has 1 aliphatic heterocycles. The van der Waals surface area contributed by atoms with Crippen LogP contribution in [0.3, 0.4) is 0 Å². The maximum absolute atomic E-state index is 13.3. The molecule has 1 aliphatic rings. The molecule has 0 radical (unpaired) electrons. The van der Waals surface area contributed by atoms with Crippen molar-refractivity contribution in [3.05, 3.63) is 58.9 Å². The van der Waals surface area contributed by atoms with Crippen LogP contribution in [0.15, 0.2) is 41.8 Å². The molecule has 1 fully saturated rings. The predicted octanol–water partition coefficient (Wildman–Crippen LogP) is 3.80. The molecule has 0 spiro atoms. The lowest BCUT2D eigenvalue weighted by Crippen LogP contribution is -2.56. The Morgan fingerprint density at radius 3 is 2.66 bits per heavy atom. The van der Waals surface area contributed by atoms with Gasteiger partial charge >= 0.3 is 0 Å². The molecule has 2 aromatic heterocycles. The van der Waals surface area contributed by atoms with Crippen LogP contribution >= 0.6 is 22.9 Å². The van der Waals surface area contributed by atoms with Gasteiger partial charge in [0.2, 0.25) is 5.91 Å². The van der Waals surface area contributed by atoms with Crippen molar-refractivity contribution in [2.75, 3.05) is 25.5 Å². The molecule has 29 heavy (non-hydrogen) atoms. The number of nitrogens with zero attached hydrogens (tertiary/aromatic N) is 3. The molecule has 1 aromatic carbocycles. The number of fused-ring (bicyclic) bond motifs is 1. The number of hydrogen-bond donors (Lipinski definition) is 0. The summed E-state index contributed by atoms with van der Waals surface area (Å²) in [4.78, 5) is 29.8. The highest BCUT2D eigenvalue weighted by atomic mass is 35.5. The highest BCUT2D eigenvalue weighted by Crippen LogP contribution is 2.28. The average molecular weight is 434 g/mol. The highest BCUT2D eigenvalue weighted by Gasteiger charge is 2.31. The summed E-state index contributed by atoms with van der Waals surface area (Å²) >= 11 is 7.27. The molecular weight excluding hydrogens is 413 g/mol. The van der Waals surface area contributed by atoms with E-state index in [9.17, 15) is 14.0 Å². The number of halogens is 2. The van der Waals surface area contributed by atoms with E-state index in [1.165, 1.54) is 12.1 Å². The Kier molecular flexibility index (Phi) is 5.61. The maximum Gasteiger partial charge on any atom is 0.270 e. The van der Waals surface area contributed by atoms with E-state index in [2.05, 4.69) is 0 Å². The number of benzene rings is 1. The summed E-state index contributed by atoms with van der Waals surface area (Å²) in [6.07, 6.45) is 0. The van der Waals surface area contributed by atoms with Gasteiger partial charge in [0.15, 0.2) is 0 Å². The SMILES string of the molecule is CC1CN(C(=O)c2cc3ccsc3n2Cc2ccc(F)cc2)CCN1C(=O)CCl. The molecule has 0 bridgehead atoms. The molecule has 2 amide bonds. The van der Waals surface area contributed by atoms with Crippen LogP contribution in [0.1, 0.15) is 23.0 Å². The van der Waals surface area contributed by atoms with Crippen LogP contribution in [-0.4, -0.2) is 57.7 Å². The Morgan fingerprint density at radius 2 is 1.97 bits per heavy atom. The molecule has 4 rings (SSSR count). The molecule has 152 valence electrons. The molecule has 3 heterocycles. The first-order chi connectivity index (χ1) is 14.0. The Balaban J connectivity index is 1.60. The van der Waals surface area contributed by atoms with Crippen LogP contribution in [0.4, 0.5) is 4.39 Å². The minimum absolute atomic E-state index is 0.0465. The lowest BCUT2D eigenvalue weighted by atomic mass is 10.1. The zero-order chi connectivity index (χ0) is 20.5. The standard InChI is InChI=1S/C21H21ClFN3O2S/c1-14-12-24(7-8-25(14)19(27)11-22)20(28)18-10-16-6-9-29-21(16)26(18)13-15-2-4-17(23)5-3-15/h2-6,9-10,14H,7-8,11-13H2,1H3. The van der Waals surface area contributed by atoms with Crippen molar-refractivity contribution in [3.8, 4) is 0 Å². The lowest BCUT2D eigenvalue weighted by molar-refractivity contribution is -0.132. The number of carbonyl (C=O) groups excluding carboxylic acids is 2. The van der Waals surface area contributed by atoms with Gasteiger partial charge in [-0.1, -0.05) is 12.1 Å². The van der Waals surface area contributed by atoms with E-state index in [0.717, 1.165) is 15.8 Å². The second kappa shape index (κ2) is 8.16. The number of hydrogen-bond acceptors (Lipinski definition) is 3.